The first-order chi connectivity index (χ1) is 14.8. The number of carbonyl (C=O) groups excluding carboxylic acids is 1. The van der Waals surface area contributed by atoms with E-state index in [-0.39, 0.29) is 23.5 Å². The zero-order valence-electron chi connectivity index (χ0n) is 17.8. The van der Waals surface area contributed by atoms with Crippen molar-refractivity contribution in [2.24, 2.45) is 0 Å². The lowest BCUT2D eigenvalue weighted by atomic mass is 10.1. The van der Waals surface area contributed by atoms with E-state index in [4.69, 9.17) is 4.98 Å². The van der Waals surface area contributed by atoms with Crippen LogP contribution in [-0.2, 0) is 16.3 Å². The minimum atomic E-state index is -3.06. The molecule has 0 spiro atoms. The van der Waals surface area contributed by atoms with Crippen molar-refractivity contribution in [1.82, 2.24) is 14.8 Å². The molecule has 8 heteroatoms. The monoisotopic (exact) mass is 438 g/mol. The van der Waals surface area contributed by atoms with Crippen molar-refractivity contribution in [1.29, 1.82) is 0 Å². The lowest BCUT2D eigenvalue weighted by Crippen LogP contribution is -2.15. The second kappa shape index (κ2) is 7.44. The van der Waals surface area contributed by atoms with Gasteiger partial charge >= 0.3 is 0 Å². The summed E-state index contributed by atoms with van der Waals surface area (Å²) in [6.07, 6.45) is 3.59. The fourth-order valence-electron chi connectivity index (χ4n) is 4.34. The summed E-state index contributed by atoms with van der Waals surface area (Å²) in [5, 5.41) is 8.35. The Kier molecular flexibility index (Phi) is 4.84. The van der Waals surface area contributed by atoms with Crippen LogP contribution in [0.15, 0.2) is 30.3 Å². The number of fused-ring (bicyclic) bond motifs is 1. The number of nitrogens with zero attached hydrogens (tertiary/aromatic N) is 3. The SMILES string of the molecule is CCc1ccc(NC(=O)c2cc(C3CC3)nc3c2c(C)nn3[C@H]2CCS(=O)(=O)C2)cc1. The number of carbonyl (C=O) groups is 1. The zero-order valence-corrected chi connectivity index (χ0v) is 18.6. The Bertz CT molecular complexity index is 1270. The summed E-state index contributed by atoms with van der Waals surface area (Å²) in [4.78, 5) is 18.1. The normalized spacial score (nSPS) is 20.3. The van der Waals surface area contributed by atoms with Crippen molar-refractivity contribution in [3.05, 3.63) is 52.8 Å². The minimum Gasteiger partial charge on any atom is -0.322 e. The van der Waals surface area contributed by atoms with E-state index in [1.165, 1.54) is 5.56 Å². The van der Waals surface area contributed by atoms with Crippen molar-refractivity contribution in [2.75, 3.05) is 16.8 Å². The Morgan fingerprint density at radius 2 is 1.94 bits per heavy atom. The number of amides is 1. The highest BCUT2D eigenvalue weighted by atomic mass is 32.2. The summed E-state index contributed by atoms with van der Waals surface area (Å²) >= 11 is 0. The molecule has 1 aliphatic heterocycles. The number of sulfone groups is 1. The Labute approximate surface area is 181 Å². The van der Waals surface area contributed by atoms with Crippen LogP contribution in [0.4, 0.5) is 5.69 Å². The molecule has 1 atom stereocenters. The number of benzene rings is 1. The van der Waals surface area contributed by atoms with Crippen LogP contribution in [0.5, 0.6) is 0 Å². The summed E-state index contributed by atoms with van der Waals surface area (Å²) in [5.74, 6) is 0.404. The molecule has 31 heavy (non-hydrogen) atoms. The number of anilines is 1. The van der Waals surface area contributed by atoms with Gasteiger partial charge in [-0.2, -0.15) is 5.10 Å². The van der Waals surface area contributed by atoms with Gasteiger partial charge in [-0.1, -0.05) is 19.1 Å². The Morgan fingerprint density at radius 1 is 1.19 bits per heavy atom. The molecule has 1 aromatic carbocycles. The predicted octanol–water partition coefficient (Wildman–Crippen LogP) is 3.79. The summed E-state index contributed by atoms with van der Waals surface area (Å²) in [7, 11) is -3.06. The maximum atomic E-state index is 13.3. The van der Waals surface area contributed by atoms with Gasteiger partial charge in [0.2, 0.25) is 0 Å². The van der Waals surface area contributed by atoms with Gasteiger partial charge in [0.15, 0.2) is 15.5 Å². The van der Waals surface area contributed by atoms with Gasteiger partial charge in [-0.05, 0) is 56.4 Å². The van der Waals surface area contributed by atoms with Crippen LogP contribution in [0.3, 0.4) is 0 Å². The number of nitrogens with one attached hydrogen (secondary N) is 1. The third-order valence-corrected chi connectivity index (χ3v) is 8.02. The third-order valence-electron chi connectivity index (χ3n) is 6.27. The van der Waals surface area contributed by atoms with E-state index >= 15 is 0 Å². The molecule has 1 saturated carbocycles. The lowest BCUT2D eigenvalue weighted by Gasteiger charge is -2.12. The van der Waals surface area contributed by atoms with E-state index in [2.05, 4.69) is 17.3 Å². The second-order valence-corrected chi connectivity index (χ2v) is 10.9. The minimum absolute atomic E-state index is 0.0733. The smallest absolute Gasteiger partial charge is 0.256 e. The molecule has 162 valence electrons. The molecule has 2 fully saturated rings. The van der Waals surface area contributed by atoms with Crippen LogP contribution in [0, 0.1) is 6.92 Å². The average Bonchev–Trinajstić information content (AvgIpc) is 3.47. The first kappa shape index (κ1) is 20.2. The third kappa shape index (κ3) is 3.84. The molecule has 0 bridgehead atoms. The van der Waals surface area contributed by atoms with Gasteiger partial charge in [0.05, 0.1) is 34.2 Å². The van der Waals surface area contributed by atoms with Gasteiger partial charge in [-0.25, -0.2) is 18.1 Å². The van der Waals surface area contributed by atoms with Crippen LogP contribution in [0.25, 0.3) is 11.0 Å². The van der Waals surface area contributed by atoms with Gasteiger partial charge in [0, 0.05) is 17.3 Å². The van der Waals surface area contributed by atoms with Crippen molar-refractivity contribution >= 4 is 32.5 Å². The first-order valence-electron chi connectivity index (χ1n) is 10.8. The van der Waals surface area contributed by atoms with Gasteiger partial charge in [-0.15, -0.1) is 0 Å². The molecule has 7 nitrogen and oxygen atoms in total. The number of hydrogen-bond acceptors (Lipinski definition) is 5. The van der Waals surface area contributed by atoms with Crippen LogP contribution in [-0.4, -0.2) is 40.6 Å². The summed E-state index contributed by atoms with van der Waals surface area (Å²) in [5.41, 5.74) is 4.71. The van der Waals surface area contributed by atoms with Crippen LogP contribution < -0.4 is 5.32 Å². The largest absolute Gasteiger partial charge is 0.322 e. The predicted molar refractivity (Wildman–Crippen MR) is 120 cm³/mol. The van der Waals surface area contributed by atoms with Gasteiger partial charge in [0.1, 0.15) is 0 Å². The molecular formula is C23H26N4O3S. The van der Waals surface area contributed by atoms with Crippen LogP contribution >= 0.6 is 0 Å². The molecule has 0 unspecified atom stereocenters. The molecule has 1 saturated heterocycles. The van der Waals surface area contributed by atoms with E-state index in [1.54, 1.807) is 4.68 Å². The van der Waals surface area contributed by atoms with E-state index in [0.29, 0.717) is 34.6 Å². The number of aromatic nitrogens is 3. The fourth-order valence-corrected chi connectivity index (χ4v) is 6.04. The molecule has 2 aliphatic rings. The van der Waals surface area contributed by atoms with Gasteiger partial charge in [0.25, 0.3) is 5.91 Å². The average molecular weight is 439 g/mol. The van der Waals surface area contributed by atoms with E-state index in [1.807, 2.05) is 37.3 Å². The maximum absolute atomic E-state index is 13.3. The van der Waals surface area contributed by atoms with Crippen molar-refractivity contribution < 1.29 is 13.2 Å². The van der Waals surface area contributed by atoms with Crippen LogP contribution in [0.1, 0.15) is 65.5 Å². The maximum Gasteiger partial charge on any atom is 0.256 e. The molecule has 5 rings (SSSR count). The van der Waals surface area contributed by atoms with E-state index in [0.717, 1.165) is 30.6 Å². The lowest BCUT2D eigenvalue weighted by molar-refractivity contribution is 0.102. The molecule has 0 radical (unpaired) electrons. The van der Waals surface area contributed by atoms with E-state index < -0.39 is 9.84 Å². The van der Waals surface area contributed by atoms with Crippen molar-refractivity contribution in [2.45, 2.75) is 51.5 Å². The molecule has 2 aromatic heterocycles. The van der Waals surface area contributed by atoms with Crippen molar-refractivity contribution in [3.63, 3.8) is 0 Å². The van der Waals surface area contributed by atoms with Gasteiger partial charge in [-0.3, -0.25) is 4.79 Å². The van der Waals surface area contributed by atoms with Crippen LogP contribution in [0.2, 0.25) is 0 Å². The molecule has 1 amide bonds. The fraction of sp³-hybridized carbons (Fsp3) is 0.435. The number of pyridine rings is 1. The Morgan fingerprint density at radius 3 is 2.55 bits per heavy atom. The molecule has 1 N–H and O–H groups in total. The quantitative estimate of drug-likeness (QED) is 0.654. The molecule has 3 heterocycles. The number of aryl methyl sites for hydroxylation is 2. The highest BCUT2D eigenvalue weighted by Gasteiger charge is 2.34. The number of rotatable bonds is 5. The summed E-state index contributed by atoms with van der Waals surface area (Å²) in [6.45, 7) is 3.95. The Balaban J connectivity index is 1.57. The molecule has 1 aliphatic carbocycles. The van der Waals surface area contributed by atoms with E-state index in [9.17, 15) is 13.2 Å². The summed E-state index contributed by atoms with van der Waals surface area (Å²) in [6, 6.07) is 9.50. The van der Waals surface area contributed by atoms with Gasteiger partial charge < -0.3 is 5.32 Å². The highest BCUT2D eigenvalue weighted by molar-refractivity contribution is 7.91. The van der Waals surface area contributed by atoms with Crippen molar-refractivity contribution in [3.8, 4) is 0 Å². The Hall–Kier alpha value is -2.74. The standard InChI is InChI=1S/C23H26N4O3S/c1-3-15-4-8-17(9-5-15)24-23(28)19-12-20(16-6-7-16)25-22-21(19)14(2)26-27(22)18-10-11-31(29,30)13-18/h4-5,8-9,12,16,18H,3,6-7,10-11,13H2,1-2H3,(H,24,28)/t18-/m0/s1. The number of hydrogen-bond donors (Lipinski definition) is 1. The zero-order chi connectivity index (χ0) is 21.8. The topological polar surface area (TPSA) is 93.9 Å². The second-order valence-electron chi connectivity index (χ2n) is 8.66. The molecule has 3 aromatic rings. The summed E-state index contributed by atoms with van der Waals surface area (Å²) < 4.78 is 25.8. The molecular weight excluding hydrogens is 412 g/mol. The highest BCUT2D eigenvalue weighted by Crippen LogP contribution is 2.41. The first-order valence-corrected chi connectivity index (χ1v) is 12.7.